The summed E-state index contributed by atoms with van der Waals surface area (Å²) in [6.45, 7) is 5.73. The number of amides is 1. The Kier molecular flexibility index (Phi) is 6.71. The second-order valence-corrected chi connectivity index (χ2v) is 6.85. The van der Waals surface area contributed by atoms with Crippen molar-refractivity contribution in [2.24, 2.45) is 0 Å². The van der Waals surface area contributed by atoms with Gasteiger partial charge in [-0.2, -0.15) is 0 Å². The lowest BCUT2D eigenvalue weighted by atomic mass is 10.1. The Labute approximate surface area is 166 Å². The third-order valence-corrected chi connectivity index (χ3v) is 4.99. The van der Waals surface area contributed by atoms with E-state index < -0.39 is 0 Å². The molecule has 1 atom stereocenters. The topological polar surface area (TPSA) is 66.9 Å². The number of benzene rings is 1. The first-order valence-electron chi connectivity index (χ1n) is 9.50. The highest BCUT2D eigenvalue weighted by Crippen LogP contribution is 2.29. The summed E-state index contributed by atoms with van der Waals surface area (Å²) in [5.74, 6) is 2.47. The number of hydrogen-bond donors (Lipinski definition) is 1. The van der Waals surface area contributed by atoms with Crippen molar-refractivity contribution in [2.75, 3.05) is 51.8 Å². The molecule has 1 amide bonds. The van der Waals surface area contributed by atoms with Crippen LogP contribution in [-0.2, 0) is 4.79 Å². The van der Waals surface area contributed by atoms with Crippen molar-refractivity contribution in [1.82, 2.24) is 15.2 Å². The van der Waals surface area contributed by atoms with Crippen molar-refractivity contribution in [3.8, 4) is 11.5 Å². The van der Waals surface area contributed by atoms with Crippen LogP contribution in [0.5, 0.6) is 11.5 Å². The fraction of sp³-hybridized carbons (Fsp3) is 0.429. The largest absolute Gasteiger partial charge is 0.497 e. The SMILES string of the molecule is COc1ccc(OC)c([C@@H](C)NC(=O)CN2CCN(c3ccccn3)CC2)c1. The number of anilines is 1. The molecule has 0 aliphatic carbocycles. The molecule has 0 bridgehead atoms. The molecule has 1 N–H and O–H groups in total. The summed E-state index contributed by atoms with van der Waals surface area (Å²) in [6, 6.07) is 11.4. The van der Waals surface area contributed by atoms with Crippen LogP contribution in [-0.4, -0.2) is 62.7 Å². The normalized spacial score (nSPS) is 15.8. The van der Waals surface area contributed by atoms with E-state index in [4.69, 9.17) is 9.47 Å². The number of piperazine rings is 1. The molecule has 1 aliphatic heterocycles. The third kappa shape index (κ3) is 4.92. The summed E-state index contributed by atoms with van der Waals surface area (Å²) < 4.78 is 10.7. The van der Waals surface area contributed by atoms with Gasteiger partial charge < -0.3 is 19.7 Å². The molecule has 7 nitrogen and oxygen atoms in total. The summed E-state index contributed by atoms with van der Waals surface area (Å²) in [5, 5.41) is 3.07. The fourth-order valence-electron chi connectivity index (χ4n) is 3.42. The molecular formula is C21H28N4O3. The molecule has 3 rings (SSSR count). The Bertz CT molecular complexity index is 776. The molecular weight excluding hydrogens is 356 g/mol. The zero-order valence-corrected chi connectivity index (χ0v) is 16.7. The lowest BCUT2D eigenvalue weighted by molar-refractivity contribution is -0.123. The van der Waals surface area contributed by atoms with Gasteiger partial charge in [-0.1, -0.05) is 6.07 Å². The van der Waals surface area contributed by atoms with E-state index in [1.807, 2.05) is 49.5 Å². The van der Waals surface area contributed by atoms with Crippen LogP contribution in [0.2, 0.25) is 0 Å². The van der Waals surface area contributed by atoms with Crippen molar-refractivity contribution in [3.05, 3.63) is 48.2 Å². The van der Waals surface area contributed by atoms with Gasteiger partial charge in [-0.15, -0.1) is 0 Å². The van der Waals surface area contributed by atoms with Gasteiger partial charge in [-0.05, 0) is 37.3 Å². The zero-order valence-electron chi connectivity index (χ0n) is 16.7. The van der Waals surface area contributed by atoms with Gasteiger partial charge in [0.25, 0.3) is 0 Å². The molecule has 150 valence electrons. The Balaban J connectivity index is 1.52. The van der Waals surface area contributed by atoms with Crippen LogP contribution in [0.25, 0.3) is 0 Å². The molecule has 1 saturated heterocycles. The van der Waals surface area contributed by atoms with Crippen LogP contribution < -0.4 is 19.7 Å². The van der Waals surface area contributed by atoms with E-state index in [-0.39, 0.29) is 11.9 Å². The second-order valence-electron chi connectivity index (χ2n) is 6.85. The number of rotatable bonds is 7. The van der Waals surface area contributed by atoms with Crippen LogP contribution in [0.4, 0.5) is 5.82 Å². The average Bonchev–Trinajstić information content (AvgIpc) is 2.74. The van der Waals surface area contributed by atoms with E-state index in [2.05, 4.69) is 20.1 Å². The summed E-state index contributed by atoms with van der Waals surface area (Å²) in [5.41, 5.74) is 0.898. The number of hydrogen-bond acceptors (Lipinski definition) is 6. The lowest BCUT2D eigenvalue weighted by Crippen LogP contribution is -2.49. The molecule has 0 unspecified atom stereocenters. The monoisotopic (exact) mass is 384 g/mol. The van der Waals surface area contributed by atoms with E-state index in [1.165, 1.54) is 0 Å². The van der Waals surface area contributed by atoms with Crippen molar-refractivity contribution >= 4 is 11.7 Å². The fourth-order valence-corrected chi connectivity index (χ4v) is 3.42. The quantitative estimate of drug-likeness (QED) is 0.789. The molecule has 2 heterocycles. The smallest absolute Gasteiger partial charge is 0.234 e. The van der Waals surface area contributed by atoms with Crippen molar-refractivity contribution in [3.63, 3.8) is 0 Å². The first-order valence-corrected chi connectivity index (χ1v) is 9.50. The second kappa shape index (κ2) is 9.41. The minimum Gasteiger partial charge on any atom is -0.497 e. The predicted molar refractivity (Wildman–Crippen MR) is 109 cm³/mol. The van der Waals surface area contributed by atoms with Crippen molar-refractivity contribution in [2.45, 2.75) is 13.0 Å². The molecule has 0 spiro atoms. The molecule has 1 aromatic carbocycles. The summed E-state index contributed by atoms with van der Waals surface area (Å²) in [7, 11) is 3.25. The molecule has 1 aromatic heterocycles. The summed E-state index contributed by atoms with van der Waals surface area (Å²) in [6.07, 6.45) is 1.81. The maximum absolute atomic E-state index is 12.5. The molecule has 0 saturated carbocycles. The minimum atomic E-state index is -0.174. The zero-order chi connectivity index (χ0) is 19.9. The van der Waals surface area contributed by atoms with Gasteiger partial charge in [0.05, 0.1) is 26.8 Å². The number of carbonyl (C=O) groups is 1. The standard InChI is InChI=1S/C21H28N4O3/c1-16(18-14-17(27-2)7-8-19(18)28-3)23-21(26)15-24-10-12-25(13-11-24)20-6-4-5-9-22-20/h4-9,14,16H,10-13,15H2,1-3H3,(H,23,26)/t16-/m1/s1. The predicted octanol–water partition coefficient (Wildman–Crippen LogP) is 2.10. The van der Waals surface area contributed by atoms with E-state index >= 15 is 0 Å². The number of carbonyl (C=O) groups excluding carboxylic acids is 1. The van der Waals surface area contributed by atoms with Crippen LogP contribution in [0, 0.1) is 0 Å². The molecule has 2 aromatic rings. The third-order valence-electron chi connectivity index (χ3n) is 4.99. The number of methoxy groups -OCH3 is 2. The Morgan fingerprint density at radius 3 is 2.57 bits per heavy atom. The number of nitrogens with zero attached hydrogens (tertiary/aromatic N) is 3. The van der Waals surface area contributed by atoms with Gasteiger partial charge in [0.2, 0.25) is 5.91 Å². The molecule has 28 heavy (non-hydrogen) atoms. The Hall–Kier alpha value is -2.80. The highest BCUT2D eigenvalue weighted by molar-refractivity contribution is 5.78. The number of pyridine rings is 1. The van der Waals surface area contributed by atoms with E-state index in [0.717, 1.165) is 49.1 Å². The van der Waals surface area contributed by atoms with Gasteiger partial charge in [-0.3, -0.25) is 9.69 Å². The highest BCUT2D eigenvalue weighted by atomic mass is 16.5. The van der Waals surface area contributed by atoms with Gasteiger partial charge in [0.1, 0.15) is 17.3 Å². The number of nitrogens with one attached hydrogen (secondary N) is 1. The Morgan fingerprint density at radius 2 is 1.93 bits per heavy atom. The van der Waals surface area contributed by atoms with Gasteiger partial charge in [0, 0.05) is 37.9 Å². The van der Waals surface area contributed by atoms with Gasteiger partial charge in [0.15, 0.2) is 0 Å². The van der Waals surface area contributed by atoms with Crippen molar-refractivity contribution < 1.29 is 14.3 Å². The minimum absolute atomic E-state index is 0.00339. The van der Waals surface area contributed by atoms with Crippen LogP contribution in [0.1, 0.15) is 18.5 Å². The highest BCUT2D eigenvalue weighted by Gasteiger charge is 2.21. The molecule has 1 aliphatic rings. The van der Waals surface area contributed by atoms with E-state index in [0.29, 0.717) is 6.54 Å². The maximum atomic E-state index is 12.5. The lowest BCUT2D eigenvalue weighted by Gasteiger charge is -2.35. The van der Waals surface area contributed by atoms with Gasteiger partial charge in [-0.25, -0.2) is 4.98 Å². The van der Waals surface area contributed by atoms with Crippen LogP contribution >= 0.6 is 0 Å². The summed E-state index contributed by atoms with van der Waals surface area (Å²) in [4.78, 5) is 21.4. The van der Waals surface area contributed by atoms with E-state index in [1.54, 1.807) is 14.2 Å². The van der Waals surface area contributed by atoms with Crippen LogP contribution in [0.3, 0.4) is 0 Å². The first-order chi connectivity index (χ1) is 13.6. The Morgan fingerprint density at radius 1 is 1.14 bits per heavy atom. The first kappa shape index (κ1) is 19.9. The average molecular weight is 384 g/mol. The maximum Gasteiger partial charge on any atom is 0.234 e. The van der Waals surface area contributed by atoms with Gasteiger partial charge >= 0.3 is 0 Å². The van der Waals surface area contributed by atoms with E-state index in [9.17, 15) is 4.79 Å². The number of aromatic nitrogens is 1. The molecule has 1 fully saturated rings. The molecule has 7 heteroatoms. The molecule has 0 radical (unpaired) electrons. The van der Waals surface area contributed by atoms with Crippen molar-refractivity contribution in [1.29, 1.82) is 0 Å². The summed E-state index contributed by atoms with van der Waals surface area (Å²) >= 11 is 0. The number of ether oxygens (including phenoxy) is 2. The van der Waals surface area contributed by atoms with Crippen LogP contribution in [0.15, 0.2) is 42.6 Å².